The van der Waals surface area contributed by atoms with Gasteiger partial charge >= 0.3 is 8.60 Å². The molecule has 0 unspecified atom stereocenters. The van der Waals surface area contributed by atoms with Crippen molar-refractivity contribution in [2.45, 2.75) is 38.6 Å². The Labute approximate surface area is 211 Å². The Balaban J connectivity index is 1.50. The minimum absolute atomic E-state index is 0.0276. The number of nitrogens with zero attached hydrogens (tertiary/aromatic N) is 4. The van der Waals surface area contributed by atoms with Crippen LogP contribution in [0.2, 0.25) is 0 Å². The van der Waals surface area contributed by atoms with Crippen LogP contribution in [0.15, 0.2) is 48.6 Å². The first kappa shape index (κ1) is 26.0. The maximum absolute atomic E-state index is 13.0. The fraction of sp³-hybridized carbons (Fsp3) is 0.417. The largest absolute Gasteiger partial charge is 0.426 e. The fourth-order valence-electron chi connectivity index (χ4n) is 4.85. The Morgan fingerprint density at radius 1 is 1.14 bits per heavy atom. The summed E-state index contributed by atoms with van der Waals surface area (Å²) in [6, 6.07) is 7.14. The zero-order valence-electron chi connectivity index (χ0n) is 20.3. The Bertz CT molecular complexity index is 1140. The number of carbonyl (C=O) groups excluding carboxylic acids is 1. The molecule has 1 amide bonds. The maximum Gasteiger partial charge on any atom is 0.391 e. The molecule has 1 saturated heterocycles. The zero-order valence-corrected chi connectivity index (χ0v) is 21.2. The number of nitrogens with two attached hydrogens (primary N) is 3. The van der Waals surface area contributed by atoms with Crippen LogP contribution in [0.4, 0.5) is 5.69 Å². The molecule has 1 aliphatic heterocycles. The quantitative estimate of drug-likeness (QED) is 0.272. The van der Waals surface area contributed by atoms with Gasteiger partial charge in [-0.3, -0.25) is 9.69 Å². The van der Waals surface area contributed by atoms with Gasteiger partial charge < -0.3 is 36.4 Å². The standard InChI is InChI=1S/C24H34N7O4P/c1-16-6-8-17(9-7-16)29-10-11-30(23(32)15-29)18-13-28-31(14-18)21(24(26)27)12-20(25)19-4-2-3-5-22(19)35-36(33)34/h2-5,12-14,16-17,33-34H,6-11,15,25-27H2,1H3/b20-12-. The number of para-hydroxylation sites is 1. The molecule has 2 heterocycles. The molecule has 1 aromatic heterocycles. The summed E-state index contributed by atoms with van der Waals surface area (Å²) in [5.74, 6) is 0.985. The number of carbonyl (C=O) groups is 1. The molecule has 36 heavy (non-hydrogen) atoms. The summed E-state index contributed by atoms with van der Waals surface area (Å²) < 4.78 is 6.54. The van der Waals surface area contributed by atoms with E-state index in [0.717, 1.165) is 25.3 Å². The van der Waals surface area contributed by atoms with Crippen molar-refractivity contribution in [2.75, 3.05) is 24.5 Å². The molecule has 0 spiro atoms. The van der Waals surface area contributed by atoms with Crippen molar-refractivity contribution in [3.8, 4) is 5.75 Å². The number of benzene rings is 1. The predicted octanol–water partition coefficient (Wildman–Crippen LogP) is 1.74. The Hall–Kier alpha value is -3.11. The third-order valence-electron chi connectivity index (χ3n) is 6.85. The number of piperazine rings is 1. The van der Waals surface area contributed by atoms with Crippen molar-refractivity contribution in [2.24, 2.45) is 23.1 Å². The highest BCUT2D eigenvalue weighted by Gasteiger charge is 2.32. The summed E-state index contributed by atoms with van der Waals surface area (Å²) in [4.78, 5) is 35.6. The third kappa shape index (κ3) is 5.99. The number of aromatic nitrogens is 2. The van der Waals surface area contributed by atoms with Crippen molar-refractivity contribution >= 4 is 31.6 Å². The minimum atomic E-state index is -2.62. The van der Waals surface area contributed by atoms with Gasteiger partial charge in [-0.25, -0.2) is 4.68 Å². The predicted molar refractivity (Wildman–Crippen MR) is 140 cm³/mol. The number of allylic oxidation sites excluding steroid dienone is 2. The normalized spacial score (nSPS) is 21.6. The Morgan fingerprint density at radius 2 is 1.86 bits per heavy atom. The molecule has 2 aromatic rings. The maximum atomic E-state index is 13.0. The third-order valence-corrected chi connectivity index (χ3v) is 7.21. The van der Waals surface area contributed by atoms with E-state index in [-0.39, 0.29) is 23.2 Å². The van der Waals surface area contributed by atoms with E-state index in [1.54, 1.807) is 41.6 Å². The van der Waals surface area contributed by atoms with Gasteiger partial charge in [-0.2, -0.15) is 5.10 Å². The molecule has 12 heteroatoms. The second kappa shape index (κ2) is 11.3. The number of hydrogen-bond donors (Lipinski definition) is 5. The van der Waals surface area contributed by atoms with Crippen LogP contribution in [-0.4, -0.2) is 56.1 Å². The van der Waals surface area contributed by atoms with Gasteiger partial charge in [-0.15, -0.1) is 0 Å². The van der Waals surface area contributed by atoms with Crippen LogP contribution in [0.1, 0.15) is 38.2 Å². The second-order valence-electron chi connectivity index (χ2n) is 9.35. The first-order valence-corrected chi connectivity index (χ1v) is 13.2. The van der Waals surface area contributed by atoms with Crippen LogP contribution in [0.3, 0.4) is 0 Å². The average Bonchev–Trinajstić information content (AvgIpc) is 3.32. The summed E-state index contributed by atoms with van der Waals surface area (Å²) in [5.41, 5.74) is 19.8. The smallest absolute Gasteiger partial charge is 0.391 e. The summed E-state index contributed by atoms with van der Waals surface area (Å²) >= 11 is 0. The molecule has 0 radical (unpaired) electrons. The fourth-order valence-corrected chi connectivity index (χ4v) is 5.18. The molecule has 1 aliphatic carbocycles. The molecular formula is C24H34N7O4P. The van der Waals surface area contributed by atoms with Crippen molar-refractivity contribution < 1.29 is 19.1 Å². The summed E-state index contributed by atoms with van der Waals surface area (Å²) in [7, 11) is -2.62. The molecule has 2 aliphatic rings. The monoisotopic (exact) mass is 515 g/mol. The first-order valence-electron chi connectivity index (χ1n) is 12.0. The van der Waals surface area contributed by atoms with Gasteiger partial charge in [0.1, 0.15) is 17.3 Å². The van der Waals surface area contributed by atoms with Gasteiger partial charge in [0.05, 0.1) is 24.6 Å². The molecule has 8 N–H and O–H groups in total. The lowest BCUT2D eigenvalue weighted by molar-refractivity contribution is -0.122. The molecule has 1 aromatic carbocycles. The molecular weight excluding hydrogens is 481 g/mol. The van der Waals surface area contributed by atoms with E-state index in [0.29, 0.717) is 36.1 Å². The van der Waals surface area contributed by atoms with E-state index < -0.39 is 8.60 Å². The summed E-state index contributed by atoms with van der Waals surface area (Å²) in [6.07, 6.45) is 9.55. The van der Waals surface area contributed by atoms with E-state index in [1.807, 2.05) is 0 Å². The molecule has 2 fully saturated rings. The minimum Gasteiger partial charge on any atom is -0.426 e. The average molecular weight is 516 g/mol. The lowest BCUT2D eigenvalue weighted by Gasteiger charge is -2.40. The van der Waals surface area contributed by atoms with Crippen molar-refractivity contribution in [3.05, 3.63) is 54.1 Å². The second-order valence-corrected chi connectivity index (χ2v) is 10.0. The van der Waals surface area contributed by atoms with Crippen LogP contribution >= 0.6 is 8.60 Å². The van der Waals surface area contributed by atoms with Gasteiger partial charge in [0, 0.05) is 30.4 Å². The highest BCUT2D eigenvalue weighted by molar-refractivity contribution is 7.39. The van der Waals surface area contributed by atoms with Crippen LogP contribution in [0, 0.1) is 5.92 Å². The molecule has 194 valence electrons. The summed E-state index contributed by atoms with van der Waals surface area (Å²) in [6.45, 7) is 4.10. The van der Waals surface area contributed by atoms with E-state index in [1.165, 1.54) is 23.6 Å². The van der Waals surface area contributed by atoms with Crippen molar-refractivity contribution in [3.63, 3.8) is 0 Å². The van der Waals surface area contributed by atoms with Crippen LogP contribution in [-0.2, 0) is 4.79 Å². The molecule has 11 nitrogen and oxygen atoms in total. The SMILES string of the molecule is CC1CCC(N2CCN(c3cnn(C(/C=C(\N)c4ccccc4OP(O)O)=C(N)N)c3)C(=O)C2)CC1. The molecule has 1 saturated carbocycles. The van der Waals surface area contributed by atoms with E-state index >= 15 is 0 Å². The first-order chi connectivity index (χ1) is 17.2. The number of rotatable bonds is 7. The highest BCUT2D eigenvalue weighted by Crippen LogP contribution is 2.34. The Kier molecular flexibility index (Phi) is 8.15. The van der Waals surface area contributed by atoms with Crippen LogP contribution in [0.25, 0.3) is 11.4 Å². The topological polar surface area (TPSA) is 169 Å². The number of hydrogen-bond acceptors (Lipinski definition) is 9. The van der Waals surface area contributed by atoms with Gasteiger partial charge in [0.2, 0.25) is 5.91 Å². The van der Waals surface area contributed by atoms with E-state index in [9.17, 15) is 14.6 Å². The van der Waals surface area contributed by atoms with Gasteiger partial charge in [0.25, 0.3) is 0 Å². The van der Waals surface area contributed by atoms with Gasteiger partial charge in [-0.1, -0.05) is 19.1 Å². The van der Waals surface area contributed by atoms with Gasteiger partial charge in [0.15, 0.2) is 0 Å². The van der Waals surface area contributed by atoms with Crippen LogP contribution < -0.4 is 26.6 Å². The van der Waals surface area contributed by atoms with Crippen molar-refractivity contribution in [1.29, 1.82) is 0 Å². The molecule has 0 bridgehead atoms. The summed E-state index contributed by atoms with van der Waals surface area (Å²) in [5, 5.41) is 4.37. The zero-order chi connectivity index (χ0) is 25.8. The lowest BCUT2D eigenvalue weighted by atomic mass is 9.86. The van der Waals surface area contributed by atoms with Crippen molar-refractivity contribution in [1.82, 2.24) is 14.7 Å². The Morgan fingerprint density at radius 3 is 2.53 bits per heavy atom. The number of amides is 1. The van der Waals surface area contributed by atoms with Gasteiger partial charge in [-0.05, 0) is 49.8 Å². The molecule has 4 rings (SSSR count). The highest BCUT2D eigenvalue weighted by atomic mass is 31.2. The van der Waals surface area contributed by atoms with E-state index in [4.69, 9.17) is 21.7 Å². The lowest BCUT2D eigenvalue weighted by Crippen LogP contribution is -2.54. The number of anilines is 1. The van der Waals surface area contributed by atoms with Crippen LogP contribution in [0.5, 0.6) is 5.75 Å². The van der Waals surface area contributed by atoms with E-state index in [2.05, 4.69) is 16.9 Å². The molecule has 0 atom stereocenters.